The van der Waals surface area contributed by atoms with Gasteiger partial charge in [0.05, 0.1) is 20.1 Å². The van der Waals surface area contributed by atoms with Gasteiger partial charge in [-0.25, -0.2) is 0 Å². The van der Waals surface area contributed by atoms with E-state index in [0.717, 1.165) is 10.4 Å². The Labute approximate surface area is 162 Å². The Morgan fingerprint density at radius 1 is 1.00 bits per heavy atom. The predicted molar refractivity (Wildman–Crippen MR) is 107 cm³/mol. The number of carbonyl (C=O) groups is 2. The van der Waals surface area contributed by atoms with Crippen molar-refractivity contribution in [2.75, 3.05) is 12.4 Å². The molecule has 3 aromatic rings. The zero-order valence-corrected chi connectivity index (χ0v) is 15.7. The molecule has 1 aromatic heterocycles. The third kappa shape index (κ3) is 5.43. The number of nitrogens with one attached hydrogen (secondary N) is 2. The van der Waals surface area contributed by atoms with Crippen LogP contribution < -0.4 is 15.4 Å². The molecule has 0 saturated carbocycles. The largest absolute Gasteiger partial charge is 0.497 e. The number of amides is 2. The molecule has 0 spiro atoms. The highest BCUT2D eigenvalue weighted by Gasteiger charge is 2.08. The molecule has 2 amide bonds. The fourth-order valence-corrected chi connectivity index (χ4v) is 3.14. The van der Waals surface area contributed by atoms with Crippen LogP contribution in [-0.2, 0) is 17.8 Å². The number of methoxy groups -OCH3 is 1. The standard InChI is InChI=1S/C21H20N2O3S/c1-26-18-10-6-16(7-11-18)21(25)23-17-8-4-15(5-9-17)13-20(24)22-14-19-3-2-12-27-19/h2-12H,13-14H2,1H3,(H,22,24)(H,23,25). The maximum absolute atomic E-state index is 12.3. The van der Waals surface area contributed by atoms with Gasteiger partial charge in [0.25, 0.3) is 5.91 Å². The van der Waals surface area contributed by atoms with Crippen molar-refractivity contribution in [3.05, 3.63) is 82.0 Å². The molecule has 0 bridgehead atoms. The second-order valence-electron chi connectivity index (χ2n) is 5.91. The van der Waals surface area contributed by atoms with Gasteiger partial charge >= 0.3 is 0 Å². The van der Waals surface area contributed by atoms with Gasteiger partial charge in [0, 0.05) is 16.1 Å². The van der Waals surface area contributed by atoms with Gasteiger partial charge in [0.2, 0.25) is 5.91 Å². The second kappa shape index (κ2) is 9.00. The van der Waals surface area contributed by atoms with Crippen LogP contribution in [0, 0.1) is 0 Å². The summed E-state index contributed by atoms with van der Waals surface area (Å²) in [5.41, 5.74) is 2.12. The Hall–Kier alpha value is -3.12. The van der Waals surface area contributed by atoms with E-state index in [1.54, 1.807) is 54.8 Å². The van der Waals surface area contributed by atoms with Crippen LogP contribution in [0.5, 0.6) is 5.75 Å². The zero-order chi connectivity index (χ0) is 19.1. The van der Waals surface area contributed by atoms with Crippen molar-refractivity contribution in [2.24, 2.45) is 0 Å². The molecule has 3 rings (SSSR count). The third-order valence-corrected chi connectivity index (χ3v) is 4.84. The molecule has 5 nitrogen and oxygen atoms in total. The van der Waals surface area contributed by atoms with Gasteiger partial charge < -0.3 is 15.4 Å². The van der Waals surface area contributed by atoms with E-state index in [2.05, 4.69) is 10.6 Å². The van der Waals surface area contributed by atoms with Gasteiger partial charge in [0.15, 0.2) is 0 Å². The van der Waals surface area contributed by atoms with E-state index in [1.807, 2.05) is 29.6 Å². The van der Waals surface area contributed by atoms with Gasteiger partial charge in [0.1, 0.15) is 5.75 Å². The van der Waals surface area contributed by atoms with E-state index in [1.165, 1.54) is 0 Å². The Kier molecular flexibility index (Phi) is 6.22. The maximum Gasteiger partial charge on any atom is 0.255 e. The lowest BCUT2D eigenvalue weighted by atomic mass is 10.1. The maximum atomic E-state index is 12.3. The first-order valence-electron chi connectivity index (χ1n) is 8.47. The van der Waals surface area contributed by atoms with Crippen molar-refractivity contribution < 1.29 is 14.3 Å². The Morgan fingerprint density at radius 2 is 1.74 bits per heavy atom. The van der Waals surface area contributed by atoms with Crippen molar-refractivity contribution in [1.82, 2.24) is 5.32 Å². The number of hydrogen-bond acceptors (Lipinski definition) is 4. The lowest BCUT2D eigenvalue weighted by Gasteiger charge is -2.08. The summed E-state index contributed by atoms with van der Waals surface area (Å²) < 4.78 is 5.09. The molecule has 0 unspecified atom stereocenters. The summed E-state index contributed by atoms with van der Waals surface area (Å²) in [6.07, 6.45) is 0.304. The summed E-state index contributed by atoms with van der Waals surface area (Å²) in [5, 5.41) is 7.73. The zero-order valence-electron chi connectivity index (χ0n) is 14.9. The lowest BCUT2D eigenvalue weighted by molar-refractivity contribution is -0.120. The van der Waals surface area contributed by atoms with Crippen molar-refractivity contribution >= 4 is 28.8 Å². The molecule has 0 aliphatic carbocycles. The molecule has 2 aromatic carbocycles. The molecular formula is C21H20N2O3S. The smallest absolute Gasteiger partial charge is 0.255 e. The number of rotatable bonds is 7. The van der Waals surface area contributed by atoms with E-state index in [0.29, 0.717) is 30.0 Å². The van der Waals surface area contributed by atoms with Crippen molar-refractivity contribution in [1.29, 1.82) is 0 Å². The van der Waals surface area contributed by atoms with Gasteiger partial charge in [-0.2, -0.15) is 0 Å². The van der Waals surface area contributed by atoms with Crippen LogP contribution in [0.4, 0.5) is 5.69 Å². The fourth-order valence-electron chi connectivity index (χ4n) is 2.50. The first-order chi connectivity index (χ1) is 13.1. The number of ether oxygens (including phenoxy) is 1. The van der Waals surface area contributed by atoms with E-state index in [9.17, 15) is 9.59 Å². The summed E-state index contributed by atoms with van der Waals surface area (Å²) in [4.78, 5) is 25.4. The van der Waals surface area contributed by atoms with Gasteiger partial charge in [-0.3, -0.25) is 9.59 Å². The number of anilines is 1. The highest BCUT2D eigenvalue weighted by Crippen LogP contribution is 2.15. The van der Waals surface area contributed by atoms with Crippen LogP contribution in [0.25, 0.3) is 0 Å². The monoisotopic (exact) mass is 380 g/mol. The molecule has 2 N–H and O–H groups in total. The van der Waals surface area contributed by atoms with Crippen LogP contribution in [0.1, 0.15) is 20.8 Å². The summed E-state index contributed by atoms with van der Waals surface area (Å²) in [6.45, 7) is 0.548. The van der Waals surface area contributed by atoms with Crippen LogP contribution >= 0.6 is 11.3 Å². The molecule has 0 saturated heterocycles. The van der Waals surface area contributed by atoms with Gasteiger partial charge in [-0.15, -0.1) is 11.3 Å². The number of benzene rings is 2. The summed E-state index contributed by atoms with van der Waals surface area (Å²) in [7, 11) is 1.58. The predicted octanol–water partition coefficient (Wildman–Crippen LogP) is 3.87. The summed E-state index contributed by atoms with van der Waals surface area (Å²) in [6, 6.07) is 18.1. The molecule has 6 heteroatoms. The Bertz CT molecular complexity index is 888. The minimum atomic E-state index is -0.195. The van der Waals surface area contributed by atoms with Crippen molar-refractivity contribution in [3.8, 4) is 5.75 Å². The van der Waals surface area contributed by atoms with Crippen LogP contribution in [-0.4, -0.2) is 18.9 Å². The third-order valence-electron chi connectivity index (χ3n) is 3.97. The fraction of sp³-hybridized carbons (Fsp3) is 0.143. The average molecular weight is 380 g/mol. The van der Waals surface area contributed by atoms with Crippen molar-refractivity contribution in [3.63, 3.8) is 0 Å². The average Bonchev–Trinajstić information content (AvgIpc) is 3.21. The molecule has 27 heavy (non-hydrogen) atoms. The molecule has 1 heterocycles. The first-order valence-corrected chi connectivity index (χ1v) is 9.35. The molecule has 0 fully saturated rings. The lowest BCUT2D eigenvalue weighted by Crippen LogP contribution is -2.24. The first kappa shape index (κ1) is 18.7. The van der Waals surface area contributed by atoms with E-state index < -0.39 is 0 Å². The van der Waals surface area contributed by atoms with E-state index in [4.69, 9.17) is 4.74 Å². The molecule has 0 radical (unpaired) electrons. The minimum absolute atomic E-state index is 0.0292. The Morgan fingerprint density at radius 3 is 2.37 bits per heavy atom. The SMILES string of the molecule is COc1ccc(C(=O)Nc2ccc(CC(=O)NCc3cccs3)cc2)cc1. The normalized spacial score (nSPS) is 10.3. The topological polar surface area (TPSA) is 67.4 Å². The van der Waals surface area contributed by atoms with Crippen molar-refractivity contribution in [2.45, 2.75) is 13.0 Å². The highest BCUT2D eigenvalue weighted by atomic mass is 32.1. The van der Waals surface area contributed by atoms with Gasteiger partial charge in [-0.1, -0.05) is 18.2 Å². The highest BCUT2D eigenvalue weighted by molar-refractivity contribution is 7.09. The molecular weight excluding hydrogens is 360 g/mol. The summed E-state index contributed by atoms with van der Waals surface area (Å²) in [5.74, 6) is 0.478. The molecule has 0 aliphatic rings. The van der Waals surface area contributed by atoms with Gasteiger partial charge in [-0.05, 0) is 53.4 Å². The van der Waals surface area contributed by atoms with Crippen LogP contribution in [0.15, 0.2) is 66.0 Å². The van der Waals surface area contributed by atoms with E-state index >= 15 is 0 Å². The molecule has 138 valence electrons. The van der Waals surface area contributed by atoms with Crippen LogP contribution in [0.3, 0.4) is 0 Å². The number of carbonyl (C=O) groups excluding carboxylic acids is 2. The number of hydrogen-bond donors (Lipinski definition) is 2. The second-order valence-corrected chi connectivity index (χ2v) is 6.94. The summed E-state index contributed by atoms with van der Waals surface area (Å²) >= 11 is 1.62. The molecule has 0 aliphatic heterocycles. The number of thiophene rings is 1. The van der Waals surface area contributed by atoms with Crippen LogP contribution in [0.2, 0.25) is 0 Å². The molecule has 0 atom stereocenters. The Balaban J connectivity index is 1.51. The van der Waals surface area contributed by atoms with E-state index in [-0.39, 0.29) is 11.8 Å². The quantitative estimate of drug-likeness (QED) is 0.654. The minimum Gasteiger partial charge on any atom is -0.497 e.